The fraction of sp³-hybridized carbons (Fsp3) is 0.400. The molecule has 2 rings (SSSR count). The van der Waals surface area contributed by atoms with Gasteiger partial charge in [0.05, 0.1) is 23.8 Å². The molecule has 0 aromatic heterocycles. The predicted molar refractivity (Wildman–Crippen MR) is 79.3 cm³/mol. The van der Waals surface area contributed by atoms with Gasteiger partial charge in [-0.05, 0) is 12.1 Å². The molecule has 22 heavy (non-hydrogen) atoms. The number of ketones is 1. The van der Waals surface area contributed by atoms with Crippen molar-refractivity contribution in [2.45, 2.75) is 13.3 Å². The summed E-state index contributed by atoms with van der Waals surface area (Å²) < 4.78 is 5.48. The lowest BCUT2D eigenvalue weighted by atomic mass is 10.0. The van der Waals surface area contributed by atoms with Gasteiger partial charge in [0.25, 0.3) is 0 Å². The number of nitrogens with one attached hydrogen (secondary N) is 1. The maximum Gasteiger partial charge on any atom is 0.321 e. The van der Waals surface area contributed by atoms with Crippen LogP contribution < -0.4 is 10.1 Å². The predicted octanol–water partition coefficient (Wildman–Crippen LogP) is 1.84. The van der Waals surface area contributed by atoms with E-state index in [9.17, 15) is 14.4 Å². The number of urea groups is 1. The molecule has 1 unspecified atom stereocenters. The van der Waals surface area contributed by atoms with Gasteiger partial charge in [-0.3, -0.25) is 9.59 Å². The van der Waals surface area contributed by atoms with Gasteiger partial charge in [-0.15, -0.1) is 0 Å². The molecule has 0 saturated carbocycles. The molecule has 7 heteroatoms. The summed E-state index contributed by atoms with van der Waals surface area (Å²) in [7, 11) is 1.51. The smallest absolute Gasteiger partial charge is 0.321 e. The zero-order valence-electron chi connectivity index (χ0n) is 12.5. The minimum absolute atomic E-state index is 0.0230. The van der Waals surface area contributed by atoms with E-state index in [-0.39, 0.29) is 18.9 Å². The number of para-hydroxylation sites is 1. The second kappa shape index (κ2) is 6.46. The van der Waals surface area contributed by atoms with E-state index in [0.29, 0.717) is 23.4 Å². The Bertz CT molecular complexity index is 614. The third-order valence-corrected chi connectivity index (χ3v) is 3.45. The molecule has 0 saturated heterocycles. The Morgan fingerprint density at radius 3 is 2.86 bits per heavy atom. The topological polar surface area (TPSA) is 95.9 Å². The van der Waals surface area contributed by atoms with Gasteiger partial charge in [0.15, 0.2) is 11.5 Å². The van der Waals surface area contributed by atoms with E-state index >= 15 is 0 Å². The van der Waals surface area contributed by atoms with Crippen LogP contribution in [-0.2, 0) is 4.79 Å². The van der Waals surface area contributed by atoms with E-state index in [1.807, 2.05) is 0 Å². The fourth-order valence-electron chi connectivity index (χ4n) is 2.17. The average Bonchev–Trinajstić information content (AvgIpc) is 2.48. The number of anilines is 1. The first-order valence-corrected chi connectivity index (χ1v) is 6.94. The number of Topliss-reactive ketones (excluding diaryl/α,β-unsaturated/α-hetero) is 1. The van der Waals surface area contributed by atoms with Crippen molar-refractivity contribution in [3.8, 4) is 5.75 Å². The third kappa shape index (κ3) is 3.36. The molecule has 1 aromatic carbocycles. The molecule has 2 N–H and O–H groups in total. The standard InChI is InChI=1S/C15H18N2O5/c1-9(14(19)20)8-17(2)15(21)16-11-5-3-4-10-12(18)6-7-22-13(10)11/h3-5,9H,6-8H2,1-2H3,(H,16,21)(H,19,20). The summed E-state index contributed by atoms with van der Waals surface area (Å²) >= 11 is 0. The molecule has 0 spiro atoms. The van der Waals surface area contributed by atoms with Gasteiger partial charge >= 0.3 is 12.0 Å². The summed E-state index contributed by atoms with van der Waals surface area (Å²) in [6, 6.07) is 4.51. The number of hydrogen-bond donors (Lipinski definition) is 2. The van der Waals surface area contributed by atoms with Crippen molar-refractivity contribution >= 4 is 23.5 Å². The molecule has 2 amide bonds. The van der Waals surface area contributed by atoms with Crippen LogP contribution in [-0.4, -0.2) is 48.0 Å². The summed E-state index contributed by atoms with van der Waals surface area (Å²) in [5.74, 6) is -1.29. The molecule has 118 valence electrons. The Balaban J connectivity index is 2.11. The van der Waals surface area contributed by atoms with Crippen molar-refractivity contribution < 1.29 is 24.2 Å². The van der Waals surface area contributed by atoms with Crippen molar-refractivity contribution in [1.82, 2.24) is 4.90 Å². The second-order valence-corrected chi connectivity index (χ2v) is 5.25. The second-order valence-electron chi connectivity index (χ2n) is 5.25. The lowest BCUT2D eigenvalue weighted by molar-refractivity contribution is -0.141. The molecule has 1 aromatic rings. The van der Waals surface area contributed by atoms with E-state index in [0.717, 1.165) is 0 Å². The van der Waals surface area contributed by atoms with Gasteiger partial charge < -0.3 is 20.1 Å². The van der Waals surface area contributed by atoms with E-state index < -0.39 is 17.9 Å². The van der Waals surface area contributed by atoms with Crippen LogP contribution in [0.4, 0.5) is 10.5 Å². The van der Waals surface area contributed by atoms with Gasteiger partial charge in [-0.25, -0.2) is 4.79 Å². The number of aliphatic carboxylic acids is 1. The first-order chi connectivity index (χ1) is 10.4. The molecule has 1 aliphatic rings. The summed E-state index contributed by atoms with van der Waals surface area (Å²) in [5, 5.41) is 11.5. The Morgan fingerprint density at radius 1 is 1.45 bits per heavy atom. The average molecular weight is 306 g/mol. The monoisotopic (exact) mass is 306 g/mol. The number of rotatable bonds is 4. The SMILES string of the molecule is CC(CN(C)C(=O)Nc1cccc2c1OCCC2=O)C(=O)O. The summed E-state index contributed by atoms with van der Waals surface area (Å²) in [6.45, 7) is 1.89. The Labute approximate surface area is 127 Å². The summed E-state index contributed by atoms with van der Waals surface area (Å²) in [5.41, 5.74) is 0.857. The largest absolute Gasteiger partial charge is 0.490 e. The third-order valence-electron chi connectivity index (χ3n) is 3.45. The van der Waals surface area contributed by atoms with Crippen LogP contribution >= 0.6 is 0 Å². The van der Waals surface area contributed by atoms with Gasteiger partial charge in [0, 0.05) is 20.0 Å². The molecule has 7 nitrogen and oxygen atoms in total. The van der Waals surface area contributed by atoms with Gasteiger partial charge in [0.2, 0.25) is 0 Å². The van der Waals surface area contributed by atoms with Gasteiger partial charge in [-0.2, -0.15) is 0 Å². The zero-order chi connectivity index (χ0) is 16.3. The van der Waals surface area contributed by atoms with Gasteiger partial charge in [0.1, 0.15) is 0 Å². The Morgan fingerprint density at radius 2 is 2.18 bits per heavy atom. The Kier molecular flexibility index (Phi) is 4.65. The zero-order valence-corrected chi connectivity index (χ0v) is 12.5. The number of fused-ring (bicyclic) bond motifs is 1. The number of ether oxygens (including phenoxy) is 1. The number of carbonyl (C=O) groups is 3. The maximum atomic E-state index is 12.1. The van der Waals surface area contributed by atoms with Crippen molar-refractivity contribution in [3.63, 3.8) is 0 Å². The van der Waals surface area contributed by atoms with Gasteiger partial charge in [-0.1, -0.05) is 13.0 Å². The molecular weight excluding hydrogens is 288 g/mol. The minimum Gasteiger partial charge on any atom is -0.490 e. The quantitative estimate of drug-likeness (QED) is 0.884. The molecular formula is C15H18N2O5. The molecule has 0 bridgehead atoms. The van der Waals surface area contributed by atoms with E-state index in [4.69, 9.17) is 9.84 Å². The lowest BCUT2D eigenvalue weighted by Gasteiger charge is -2.23. The molecule has 0 aliphatic carbocycles. The van der Waals surface area contributed by atoms with Crippen LogP contribution in [0.5, 0.6) is 5.75 Å². The highest BCUT2D eigenvalue weighted by atomic mass is 16.5. The van der Waals surface area contributed by atoms with Crippen LogP contribution in [0.2, 0.25) is 0 Å². The minimum atomic E-state index is -0.967. The highest BCUT2D eigenvalue weighted by Crippen LogP contribution is 2.32. The number of carbonyl (C=O) groups excluding carboxylic acids is 2. The van der Waals surface area contributed by atoms with Crippen molar-refractivity contribution in [2.75, 3.05) is 25.5 Å². The summed E-state index contributed by atoms with van der Waals surface area (Å²) in [6.07, 6.45) is 0.320. The van der Waals surface area contributed by atoms with Crippen molar-refractivity contribution in [3.05, 3.63) is 23.8 Å². The van der Waals surface area contributed by atoms with E-state index in [1.54, 1.807) is 18.2 Å². The van der Waals surface area contributed by atoms with Crippen LogP contribution in [0, 0.1) is 5.92 Å². The highest BCUT2D eigenvalue weighted by molar-refractivity contribution is 6.03. The molecule has 1 atom stereocenters. The molecule has 1 heterocycles. The number of carboxylic acids is 1. The number of amides is 2. The fourth-order valence-corrected chi connectivity index (χ4v) is 2.17. The first-order valence-electron chi connectivity index (χ1n) is 6.94. The number of nitrogens with zero attached hydrogens (tertiary/aromatic N) is 1. The van der Waals surface area contributed by atoms with Crippen LogP contribution in [0.1, 0.15) is 23.7 Å². The van der Waals surface area contributed by atoms with Crippen molar-refractivity contribution in [2.24, 2.45) is 5.92 Å². The van der Waals surface area contributed by atoms with E-state index in [2.05, 4.69) is 5.32 Å². The van der Waals surface area contributed by atoms with Crippen LogP contribution in [0.15, 0.2) is 18.2 Å². The van der Waals surface area contributed by atoms with Crippen LogP contribution in [0.25, 0.3) is 0 Å². The maximum absolute atomic E-state index is 12.1. The molecule has 0 fully saturated rings. The number of hydrogen-bond acceptors (Lipinski definition) is 4. The number of carboxylic acid groups (broad SMARTS) is 1. The molecule has 0 radical (unpaired) electrons. The van der Waals surface area contributed by atoms with E-state index in [1.165, 1.54) is 18.9 Å². The number of benzene rings is 1. The Hall–Kier alpha value is -2.57. The highest BCUT2D eigenvalue weighted by Gasteiger charge is 2.23. The van der Waals surface area contributed by atoms with Crippen molar-refractivity contribution in [1.29, 1.82) is 0 Å². The lowest BCUT2D eigenvalue weighted by Crippen LogP contribution is -2.36. The van der Waals surface area contributed by atoms with Crippen LogP contribution in [0.3, 0.4) is 0 Å². The first kappa shape index (κ1) is 15.8. The normalized spacial score (nSPS) is 14.5. The summed E-state index contributed by atoms with van der Waals surface area (Å²) in [4.78, 5) is 36.0. The molecule has 1 aliphatic heterocycles.